The molecule has 1 aromatic heterocycles. The molecule has 1 aromatic rings. The van der Waals surface area contributed by atoms with Crippen LogP contribution in [0.15, 0.2) is 12.4 Å². The van der Waals surface area contributed by atoms with E-state index in [4.69, 9.17) is 14.2 Å². The van der Waals surface area contributed by atoms with Crippen LogP contribution in [0.4, 0.5) is 0 Å². The molecule has 0 N–H and O–H groups in total. The Morgan fingerprint density at radius 2 is 2.00 bits per heavy atom. The maximum atomic E-state index is 12.4. The molecular formula is C15H21N3O5. The molecule has 126 valence electrons. The molecule has 1 fully saturated rings. The lowest BCUT2D eigenvalue weighted by molar-refractivity contribution is -0.168. The molecule has 0 aromatic carbocycles. The lowest BCUT2D eigenvalue weighted by atomic mass is 10.1. The fraction of sp³-hybridized carbons (Fsp3) is 0.600. The molecule has 0 spiro atoms. The van der Waals surface area contributed by atoms with Gasteiger partial charge in [0.15, 0.2) is 5.60 Å². The van der Waals surface area contributed by atoms with E-state index in [9.17, 15) is 9.59 Å². The molecule has 23 heavy (non-hydrogen) atoms. The van der Waals surface area contributed by atoms with Gasteiger partial charge in [-0.1, -0.05) is 0 Å². The fourth-order valence-electron chi connectivity index (χ4n) is 2.45. The van der Waals surface area contributed by atoms with E-state index in [2.05, 4.69) is 9.97 Å². The molecule has 8 heteroatoms. The van der Waals surface area contributed by atoms with Crippen molar-refractivity contribution in [3.05, 3.63) is 12.4 Å². The molecule has 2 heterocycles. The zero-order valence-corrected chi connectivity index (χ0v) is 13.7. The van der Waals surface area contributed by atoms with Gasteiger partial charge in [0, 0.05) is 19.9 Å². The Labute approximate surface area is 134 Å². The molecule has 8 nitrogen and oxygen atoms in total. The van der Waals surface area contributed by atoms with Crippen LogP contribution in [0, 0.1) is 0 Å². The molecule has 1 aliphatic rings. The predicted octanol–water partition coefficient (Wildman–Crippen LogP) is 0.807. The number of nitrogens with zero attached hydrogens (tertiary/aromatic N) is 3. The van der Waals surface area contributed by atoms with Crippen molar-refractivity contribution in [3.63, 3.8) is 0 Å². The van der Waals surface area contributed by atoms with Crippen LogP contribution in [0.3, 0.4) is 0 Å². The number of hydrogen-bond acceptors (Lipinski definition) is 7. The van der Waals surface area contributed by atoms with Gasteiger partial charge < -0.3 is 19.1 Å². The van der Waals surface area contributed by atoms with Crippen LogP contribution in [0.2, 0.25) is 0 Å². The highest BCUT2D eigenvalue weighted by Gasteiger charge is 2.39. The second kappa shape index (κ2) is 6.80. The molecule has 0 saturated carbocycles. The van der Waals surface area contributed by atoms with Gasteiger partial charge in [-0.3, -0.25) is 14.6 Å². The molecule has 1 aliphatic heterocycles. The minimum Gasteiger partial charge on any atom is -0.480 e. The summed E-state index contributed by atoms with van der Waals surface area (Å²) in [6, 6.07) is 0. The van der Waals surface area contributed by atoms with Gasteiger partial charge in [-0.2, -0.15) is 4.98 Å². The summed E-state index contributed by atoms with van der Waals surface area (Å²) in [4.78, 5) is 33.3. The van der Waals surface area contributed by atoms with Crippen LogP contribution < -0.4 is 9.47 Å². The third-order valence-electron chi connectivity index (χ3n) is 3.43. The lowest BCUT2D eigenvalue weighted by Crippen LogP contribution is -2.47. The highest BCUT2D eigenvalue weighted by atomic mass is 16.6. The van der Waals surface area contributed by atoms with Gasteiger partial charge in [0.05, 0.1) is 26.0 Å². The molecule has 0 aliphatic carbocycles. The summed E-state index contributed by atoms with van der Waals surface area (Å²) < 4.78 is 15.8. The second-order valence-corrected chi connectivity index (χ2v) is 5.78. The van der Waals surface area contributed by atoms with Crippen LogP contribution in [-0.4, -0.2) is 58.6 Å². The van der Waals surface area contributed by atoms with Gasteiger partial charge in [0.2, 0.25) is 11.8 Å². The quantitative estimate of drug-likeness (QED) is 0.740. The second-order valence-electron chi connectivity index (χ2n) is 5.78. The van der Waals surface area contributed by atoms with Crippen molar-refractivity contribution in [1.29, 1.82) is 0 Å². The number of esters is 1. The summed E-state index contributed by atoms with van der Waals surface area (Å²) in [6.07, 6.45) is 3.46. The van der Waals surface area contributed by atoms with Crippen molar-refractivity contribution >= 4 is 11.9 Å². The summed E-state index contributed by atoms with van der Waals surface area (Å²) in [5, 5.41) is 0. The van der Waals surface area contributed by atoms with Crippen molar-refractivity contribution in [1.82, 2.24) is 14.9 Å². The number of likely N-dealkylation sites (tertiary alicyclic amines) is 1. The minimum absolute atomic E-state index is 0.187. The maximum absolute atomic E-state index is 12.4. The maximum Gasteiger partial charge on any atom is 0.303 e. The van der Waals surface area contributed by atoms with E-state index in [1.807, 2.05) is 0 Å². The van der Waals surface area contributed by atoms with Gasteiger partial charge in [0.25, 0.3) is 5.91 Å². The number of aromatic nitrogens is 2. The Morgan fingerprint density at radius 1 is 1.30 bits per heavy atom. The first kappa shape index (κ1) is 17.0. The summed E-state index contributed by atoms with van der Waals surface area (Å²) in [5.74, 6) is -0.00940. The predicted molar refractivity (Wildman–Crippen MR) is 80.0 cm³/mol. The zero-order valence-electron chi connectivity index (χ0n) is 13.7. The van der Waals surface area contributed by atoms with Gasteiger partial charge in [0.1, 0.15) is 6.10 Å². The third kappa shape index (κ3) is 4.30. The van der Waals surface area contributed by atoms with E-state index >= 15 is 0 Å². The average molecular weight is 323 g/mol. The Hall–Kier alpha value is -2.38. The zero-order chi connectivity index (χ0) is 17.0. The molecule has 1 unspecified atom stereocenters. The smallest absolute Gasteiger partial charge is 0.303 e. The number of amides is 1. The number of carbonyl (C=O) groups excluding carboxylic acids is 2. The highest BCUT2D eigenvalue weighted by Crippen LogP contribution is 2.22. The SMILES string of the molecule is COc1cncc(OC2CCN(C(=O)C(C)(C)OC(C)=O)C2)n1. The fourth-order valence-corrected chi connectivity index (χ4v) is 2.45. The van der Waals surface area contributed by atoms with Gasteiger partial charge >= 0.3 is 5.97 Å². The normalized spacial score (nSPS) is 17.7. The molecule has 0 bridgehead atoms. The highest BCUT2D eigenvalue weighted by molar-refractivity contribution is 5.87. The number of hydrogen-bond donors (Lipinski definition) is 0. The monoisotopic (exact) mass is 323 g/mol. The van der Waals surface area contributed by atoms with Crippen molar-refractivity contribution in [2.24, 2.45) is 0 Å². The summed E-state index contributed by atoms with van der Waals surface area (Å²) in [6.45, 7) is 5.39. The molecule has 2 rings (SSSR count). The van der Waals surface area contributed by atoms with E-state index < -0.39 is 11.6 Å². The lowest BCUT2D eigenvalue weighted by Gasteiger charge is -2.28. The van der Waals surface area contributed by atoms with Crippen molar-refractivity contribution in [3.8, 4) is 11.8 Å². The number of carbonyl (C=O) groups is 2. The van der Waals surface area contributed by atoms with E-state index in [0.717, 1.165) is 0 Å². The first-order valence-electron chi connectivity index (χ1n) is 7.33. The summed E-state index contributed by atoms with van der Waals surface area (Å²) >= 11 is 0. The first-order chi connectivity index (χ1) is 10.8. The summed E-state index contributed by atoms with van der Waals surface area (Å²) in [5.41, 5.74) is -1.18. The minimum atomic E-state index is -1.18. The van der Waals surface area contributed by atoms with E-state index in [1.165, 1.54) is 26.4 Å². The molecule has 1 saturated heterocycles. The molecule has 1 atom stereocenters. The van der Waals surface area contributed by atoms with Crippen LogP contribution >= 0.6 is 0 Å². The van der Waals surface area contributed by atoms with E-state index in [0.29, 0.717) is 31.3 Å². The van der Waals surface area contributed by atoms with Gasteiger partial charge in [-0.25, -0.2) is 0 Å². The van der Waals surface area contributed by atoms with Gasteiger partial charge in [-0.15, -0.1) is 0 Å². The average Bonchev–Trinajstić information content (AvgIpc) is 2.93. The Kier molecular flexibility index (Phi) is 5.02. The molecule has 0 radical (unpaired) electrons. The van der Waals surface area contributed by atoms with Crippen LogP contribution in [-0.2, 0) is 14.3 Å². The molecule has 1 amide bonds. The first-order valence-corrected chi connectivity index (χ1v) is 7.33. The Morgan fingerprint density at radius 3 is 2.65 bits per heavy atom. The Balaban J connectivity index is 1.95. The standard InChI is InChI=1S/C15H21N3O5/c1-10(19)23-15(2,3)14(20)18-6-5-11(9-18)22-13-8-16-7-12(17-13)21-4/h7-8,11H,5-6,9H2,1-4H3. The number of methoxy groups -OCH3 is 1. The largest absolute Gasteiger partial charge is 0.480 e. The van der Waals surface area contributed by atoms with Crippen molar-refractivity contribution < 1.29 is 23.8 Å². The van der Waals surface area contributed by atoms with Gasteiger partial charge in [-0.05, 0) is 13.8 Å². The molecular weight excluding hydrogens is 302 g/mol. The van der Waals surface area contributed by atoms with Crippen LogP contribution in [0.1, 0.15) is 27.2 Å². The van der Waals surface area contributed by atoms with Crippen molar-refractivity contribution in [2.45, 2.75) is 38.9 Å². The third-order valence-corrected chi connectivity index (χ3v) is 3.43. The van der Waals surface area contributed by atoms with E-state index in [-0.39, 0.29) is 12.0 Å². The van der Waals surface area contributed by atoms with Crippen LogP contribution in [0.25, 0.3) is 0 Å². The number of ether oxygens (including phenoxy) is 3. The topological polar surface area (TPSA) is 90.9 Å². The summed E-state index contributed by atoms with van der Waals surface area (Å²) in [7, 11) is 1.50. The van der Waals surface area contributed by atoms with Crippen LogP contribution in [0.5, 0.6) is 11.8 Å². The Bertz CT molecular complexity index is 590. The number of rotatable bonds is 5. The van der Waals surface area contributed by atoms with Crippen molar-refractivity contribution in [2.75, 3.05) is 20.2 Å². The van der Waals surface area contributed by atoms with E-state index in [1.54, 1.807) is 18.7 Å².